The van der Waals surface area contributed by atoms with Crippen molar-refractivity contribution in [1.29, 1.82) is 0 Å². The maximum Gasteiger partial charge on any atom is 0.307 e. The van der Waals surface area contributed by atoms with Crippen LogP contribution in [0.2, 0.25) is 5.02 Å². The molecule has 0 amide bonds. The number of hydrogen-bond acceptors (Lipinski definition) is 1. The molecule has 1 N–H and O–H groups in total. The quantitative estimate of drug-likeness (QED) is 0.644. The van der Waals surface area contributed by atoms with Crippen LogP contribution in [-0.4, -0.2) is 15.9 Å². The lowest BCUT2D eigenvalue weighted by atomic mass is 10.0. The Morgan fingerprint density at radius 1 is 1.40 bits per heavy atom. The Bertz CT molecular complexity index is 528. The van der Waals surface area contributed by atoms with Crippen LogP contribution >= 0.6 is 55.1 Å². The average molecular weight is 445 g/mol. The number of carboxylic acid groups (broad SMARTS) is 1. The zero-order valence-corrected chi connectivity index (χ0v) is 15.6. The number of carbonyl (C=O) groups is 1. The maximum atomic E-state index is 11.3. The molecule has 4 unspecified atom stereocenters. The molecule has 0 aromatic heterocycles. The molecule has 1 aliphatic carbocycles. The Hall–Kier alpha value is 0.230. The molecule has 110 valence electrons. The summed E-state index contributed by atoms with van der Waals surface area (Å²) in [6.45, 7) is 3.90. The van der Waals surface area contributed by atoms with Crippen LogP contribution in [0.1, 0.15) is 19.4 Å². The Balaban J connectivity index is 2.26. The Morgan fingerprint density at radius 3 is 2.30 bits per heavy atom. The van der Waals surface area contributed by atoms with E-state index in [9.17, 15) is 9.90 Å². The number of alkyl halides is 3. The molecule has 0 radical (unpaired) electrons. The summed E-state index contributed by atoms with van der Waals surface area (Å²) in [4.78, 5) is 11.1. The second-order valence-corrected chi connectivity index (χ2v) is 9.42. The van der Waals surface area contributed by atoms with Gasteiger partial charge in [-0.3, -0.25) is 4.79 Å². The number of rotatable bonds is 4. The first kappa shape index (κ1) is 16.6. The van der Waals surface area contributed by atoms with E-state index in [4.69, 9.17) is 23.2 Å². The van der Waals surface area contributed by atoms with Crippen molar-refractivity contribution in [3.8, 4) is 0 Å². The van der Waals surface area contributed by atoms with Crippen molar-refractivity contribution in [3.05, 3.63) is 34.9 Å². The summed E-state index contributed by atoms with van der Waals surface area (Å²) >= 11 is 19.6. The van der Waals surface area contributed by atoms with Crippen molar-refractivity contribution in [3.63, 3.8) is 0 Å². The minimum absolute atomic E-state index is 0.0486. The van der Waals surface area contributed by atoms with Crippen LogP contribution in [0.5, 0.6) is 0 Å². The van der Waals surface area contributed by atoms with Crippen molar-refractivity contribution >= 4 is 61.0 Å². The molecule has 6 heteroatoms. The van der Waals surface area contributed by atoms with Crippen LogP contribution < -0.4 is 0 Å². The molecule has 1 saturated carbocycles. The molecule has 1 fully saturated rings. The predicted octanol–water partition coefficient (Wildman–Crippen LogP) is 5.25. The predicted molar refractivity (Wildman–Crippen MR) is 89.0 cm³/mol. The molecule has 20 heavy (non-hydrogen) atoms. The molecule has 0 spiro atoms. The van der Waals surface area contributed by atoms with Gasteiger partial charge in [0, 0.05) is 5.02 Å². The molecule has 4 atom stereocenters. The van der Waals surface area contributed by atoms with Crippen LogP contribution in [0.3, 0.4) is 0 Å². The number of halogens is 4. The monoisotopic (exact) mass is 442 g/mol. The van der Waals surface area contributed by atoms with Gasteiger partial charge in [-0.05, 0) is 29.0 Å². The third-order valence-corrected chi connectivity index (χ3v) is 7.86. The molecular formula is C14H14Br2Cl2O2. The van der Waals surface area contributed by atoms with Gasteiger partial charge in [0.2, 0.25) is 0 Å². The van der Waals surface area contributed by atoms with Gasteiger partial charge in [0.25, 0.3) is 0 Å². The van der Waals surface area contributed by atoms with E-state index in [0.717, 1.165) is 5.56 Å². The molecular weight excluding hydrogens is 431 g/mol. The van der Waals surface area contributed by atoms with E-state index >= 15 is 0 Å². The summed E-state index contributed by atoms with van der Waals surface area (Å²) in [5.74, 6) is -1.22. The van der Waals surface area contributed by atoms with Crippen molar-refractivity contribution in [1.82, 2.24) is 0 Å². The average Bonchev–Trinajstić information content (AvgIpc) is 2.91. The molecule has 1 aromatic carbocycles. The zero-order valence-electron chi connectivity index (χ0n) is 10.9. The second kappa shape index (κ2) is 5.45. The Labute approximate surface area is 145 Å². The number of benzene rings is 1. The van der Waals surface area contributed by atoms with Crippen molar-refractivity contribution < 1.29 is 9.90 Å². The first-order chi connectivity index (χ1) is 9.10. The van der Waals surface area contributed by atoms with Crippen molar-refractivity contribution in [2.24, 2.45) is 17.3 Å². The van der Waals surface area contributed by atoms with Gasteiger partial charge in [0.05, 0.1) is 10.7 Å². The normalized spacial score (nSPS) is 28.5. The van der Waals surface area contributed by atoms with Crippen molar-refractivity contribution in [2.75, 3.05) is 0 Å². The Kier molecular flexibility index (Phi) is 4.53. The van der Waals surface area contributed by atoms with Gasteiger partial charge in [-0.15, -0.1) is 11.6 Å². The summed E-state index contributed by atoms with van der Waals surface area (Å²) in [5, 5.41) is 9.92. The van der Waals surface area contributed by atoms with Gasteiger partial charge in [-0.1, -0.05) is 69.4 Å². The van der Waals surface area contributed by atoms with Crippen LogP contribution in [0.15, 0.2) is 24.3 Å². The summed E-state index contributed by atoms with van der Waals surface area (Å²) in [5.41, 5.74) is 0.567. The van der Waals surface area contributed by atoms with Gasteiger partial charge in [0.15, 0.2) is 0 Å². The van der Waals surface area contributed by atoms with E-state index in [-0.39, 0.29) is 16.2 Å². The minimum atomic E-state index is -0.871. The van der Waals surface area contributed by atoms with Crippen molar-refractivity contribution in [2.45, 2.75) is 22.5 Å². The van der Waals surface area contributed by atoms with E-state index in [1.165, 1.54) is 0 Å². The first-order valence-corrected chi connectivity index (χ1v) is 8.57. The minimum Gasteiger partial charge on any atom is -0.481 e. The maximum absolute atomic E-state index is 11.3. The molecule has 0 aliphatic heterocycles. The molecule has 1 aromatic rings. The van der Waals surface area contributed by atoms with Gasteiger partial charge >= 0.3 is 5.97 Å². The summed E-state index contributed by atoms with van der Waals surface area (Å²) in [6, 6.07) is 7.20. The smallest absolute Gasteiger partial charge is 0.307 e. The van der Waals surface area contributed by atoms with E-state index in [0.29, 0.717) is 5.02 Å². The SMILES string of the molecule is CC1(C)C(C(=O)O)C1C(Br)C(Cl)(Br)c1ccc(Cl)cc1. The number of aliphatic carboxylic acids is 1. The lowest BCUT2D eigenvalue weighted by Crippen LogP contribution is -2.27. The van der Waals surface area contributed by atoms with Crippen LogP contribution in [-0.2, 0) is 8.58 Å². The Morgan fingerprint density at radius 2 is 1.90 bits per heavy atom. The molecule has 0 saturated heterocycles. The van der Waals surface area contributed by atoms with E-state index in [1.807, 2.05) is 26.0 Å². The fourth-order valence-electron chi connectivity index (χ4n) is 2.75. The lowest BCUT2D eigenvalue weighted by Gasteiger charge is -2.27. The lowest BCUT2D eigenvalue weighted by molar-refractivity contribution is -0.139. The first-order valence-electron chi connectivity index (χ1n) is 6.11. The highest BCUT2D eigenvalue weighted by atomic mass is 79.9. The molecule has 0 bridgehead atoms. The molecule has 2 nitrogen and oxygen atoms in total. The van der Waals surface area contributed by atoms with Crippen LogP contribution in [0, 0.1) is 17.3 Å². The third-order valence-electron chi connectivity index (χ3n) is 4.07. The largest absolute Gasteiger partial charge is 0.481 e. The summed E-state index contributed by atoms with van der Waals surface area (Å²) in [6.07, 6.45) is 0. The zero-order chi connectivity index (χ0) is 15.3. The van der Waals surface area contributed by atoms with E-state index in [2.05, 4.69) is 31.9 Å². The number of hydrogen-bond donors (Lipinski definition) is 1. The fraction of sp³-hybridized carbons (Fsp3) is 0.500. The highest BCUT2D eigenvalue weighted by Crippen LogP contribution is 2.66. The third kappa shape index (κ3) is 2.77. The molecule has 0 heterocycles. The van der Waals surface area contributed by atoms with E-state index < -0.39 is 15.7 Å². The van der Waals surface area contributed by atoms with Gasteiger partial charge in [-0.2, -0.15) is 0 Å². The molecule has 2 rings (SSSR count). The summed E-state index contributed by atoms with van der Waals surface area (Å²) in [7, 11) is 0. The van der Waals surface area contributed by atoms with Crippen LogP contribution in [0.4, 0.5) is 0 Å². The standard InChI is InChI=1S/C14H14Br2Cl2O2/c1-13(2)9(10(13)12(19)20)11(15)14(16,18)7-3-5-8(17)6-4-7/h3-6,9-11H,1-2H3,(H,19,20). The number of carboxylic acids is 1. The topological polar surface area (TPSA) is 37.3 Å². The molecule has 1 aliphatic rings. The van der Waals surface area contributed by atoms with Gasteiger partial charge in [-0.25, -0.2) is 0 Å². The van der Waals surface area contributed by atoms with Gasteiger partial charge in [0.1, 0.15) is 3.78 Å². The highest BCUT2D eigenvalue weighted by molar-refractivity contribution is 9.12. The second-order valence-electron chi connectivity index (χ2n) is 5.69. The van der Waals surface area contributed by atoms with Gasteiger partial charge < -0.3 is 5.11 Å². The fourth-order valence-corrected chi connectivity index (χ4v) is 4.94. The highest BCUT2D eigenvalue weighted by Gasteiger charge is 2.67. The van der Waals surface area contributed by atoms with E-state index in [1.54, 1.807) is 12.1 Å². The summed E-state index contributed by atoms with van der Waals surface area (Å²) < 4.78 is -0.871. The van der Waals surface area contributed by atoms with Crippen LogP contribution in [0.25, 0.3) is 0 Å².